The van der Waals surface area contributed by atoms with Gasteiger partial charge in [-0.1, -0.05) is 18.2 Å². The highest BCUT2D eigenvalue weighted by Crippen LogP contribution is 2.18. The Balaban J connectivity index is 1.94. The highest BCUT2D eigenvalue weighted by atomic mass is 16.5. The van der Waals surface area contributed by atoms with E-state index in [1.54, 1.807) is 13.3 Å². The number of nitrogens with zero attached hydrogens (tertiary/aromatic N) is 1. The molecule has 1 heterocycles. The van der Waals surface area contributed by atoms with E-state index in [0.717, 1.165) is 35.8 Å². The van der Waals surface area contributed by atoms with Gasteiger partial charge >= 0.3 is 0 Å². The van der Waals surface area contributed by atoms with E-state index in [2.05, 4.69) is 16.4 Å². The number of hydrogen-bond donors (Lipinski definition) is 2. The minimum Gasteiger partial charge on any atom is -0.496 e. The molecule has 0 spiro atoms. The molecular weight excluding hydrogens is 238 g/mol. The number of anilines is 2. The lowest BCUT2D eigenvalue weighted by atomic mass is 10.1. The molecule has 0 saturated heterocycles. The van der Waals surface area contributed by atoms with Crippen molar-refractivity contribution in [2.45, 2.75) is 13.3 Å². The maximum Gasteiger partial charge on any atom is 0.126 e. The van der Waals surface area contributed by atoms with Gasteiger partial charge in [0, 0.05) is 6.54 Å². The molecule has 0 fully saturated rings. The summed E-state index contributed by atoms with van der Waals surface area (Å²) in [5.41, 5.74) is 8.68. The van der Waals surface area contributed by atoms with Crippen LogP contribution in [0.4, 0.5) is 11.5 Å². The van der Waals surface area contributed by atoms with Crippen LogP contribution in [-0.2, 0) is 6.42 Å². The van der Waals surface area contributed by atoms with Gasteiger partial charge in [-0.05, 0) is 36.6 Å². The fourth-order valence-electron chi connectivity index (χ4n) is 1.90. The van der Waals surface area contributed by atoms with Crippen LogP contribution in [0.1, 0.15) is 11.1 Å². The molecular formula is C15H19N3O. The van der Waals surface area contributed by atoms with E-state index in [1.165, 1.54) is 5.56 Å². The molecule has 4 nitrogen and oxygen atoms in total. The van der Waals surface area contributed by atoms with Crippen LogP contribution >= 0.6 is 0 Å². The topological polar surface area (TPSA) is 60.2 Å². The third-order valence-corrected chi connectivity index (χ3v) is 3.04. The van der Waals surface area contributed by atoms with Gasteiger partial charge in [0.05, 0.1) is 19.0 Å². The van der Waals surface area contributed by atoms with Crippen molar-refractivity contribution in [1.82, 2.24) is 4.98 Å². The number of aromatic nitrogens is 1. The number of ether oxygens (including phenoxy) is 1. The normalized spacial score (nSPS) is 10.2. The lowest BCUT2D eigenvalue weighted by molar-refractivity contribution is 0.410. The first-order valence-corrected chi connectivity index (χ1v) is 6.28. The lowest BCUT2D eigenvalue weighted by Crippen LogP contribution is -2.07. The Morgan fingerprint density at radius 2 is 2.11 bits per heavy atom. The molecule has 0 aliphatic heterocycles. The van der Waals surface area contributed by atoms with E-state index in [4.69, 9.17) is 10.5 Å². The van der Waals surface area contributed by atoms with Gasteiger partial charge in [-0.25, -0.2) is 4.98 Å². The van der Waals surface area contributed by atoms with Crippen molar-refractivity contribution in [2.24, 2.45) is 0 Å². The van der Waals surface area contributed by atoms with E-state index in [0.29, 0.717) is 0 Å². The third kappa shape index (κ3) is 3.37. The van der Waals surface area contributed by atoms with E-state index in [-0.39, 0.29) is 0 Å². The van der Waals surface area contributed by atoms with Crippen molar-refractivity contribution < 1.29 is 4.74 Å². The highest BCUT2D eigenvalue weighted by Gasteiger charge is 2.02. The Labute approximate surface area is 113 Å². The van der Waals surface area contributed by atoms with Gasteiger partial charge < -0.3 is 15.8 Å². The number of benzene rings is 1. The van der Waals surface area contributed by atoms with Crippen molar-refractivity contribution in [3.05, 3.63) is 47.7 Å². The molecule has 3 N–H and O–H groups in total. The summed E-state index contributed by atoms with van der Waals surface area (Å²) in [5, 5.41) is 3.29. The molecule has 0 radical (unpaired) electrons. The minimum absolute atomic E-state index is 0.718. The van der Waals surface area contributed by atoms with Crippen LogP contribution in [0, 0.1) is 6.92 Å². The predicted molar refractivity (Wildman–Crippen MR) is 78.6 cm³/mol. The Morgan fingerprint density at radius 3 is 2.84 bits per heavy atom. The van der Waals surface area contributed by atoms with Crippen LogP contribution in [0.15, 0.2) is 36.5 Å². The molecule has 0 aliphatic carbocycles. The first kappa shape index (κ1) is 13.2. The van der Waals surface area contributed by atoms with Gasteiger partial charge in [-0.15, -0.1) is 0 Å². The van der Waals surface area contributed by atoms with Gasteiger partial charge in [0.25, 0.3) is 0 Å². The van der Waals surface area contributed by atoms with Crippen molar-refractivity contribution in [3.8, 4) is 5.75 Å². The van der Waals surface area contributed by atoms with Crippen molar-refractivity contribution in [2.75, 3.05) is 24.7 Å². The monoisotopic (exact) mass is 257 g/mol. The van der Waals surface area contributed by atoms with Crippen molar-refractivity contribution in [3.63, 3.8) is 0 Å². The fourth-order valence-corrected chi connectivity index (χ4v) is 1.90. The summed E-state index contributed by atoms with van der Waals surface area (Å²) < 4.78 is 5.32. The first-order chi connectivity index (χ1) is 9.20. The van der Waals surface area contributed by atoms with Crippen LogP contribution in [0.25, 0.3) is 0 Å². The van der Waals surface area contributed by atoms with Gasteiger partial charge in [0.1, 0.15) is 11.6 Å². The van der Waals surface area contributed by atoms with E-state index in [9.17, 15) is 0 Å². The van der Waals surface area contributed by atoms with Crippen LogP contribution in [0.5, 0.6) is 5.75 Å². The number of rotatable bonds is 5. The number of pyridine rings is 1. The molecule has 2 aromatic rings. The lowest BCUT2D eigenvalue weighted by Gasteiger charge is -2.10. The zero-order chi connectivity index (χ0) is 13.7. The van der Waals surface area contributed by atoms with Gasteiger partial charge in [0.2, 0.25) is 0 Å². The Hall–Kier alpha value is -2.23. The molecule has 1 aromatic heterocycles. The van der Waals surface area contributed by atoms with E-state index in [1.807, 2.05) is 31.2 Å². The number of para-hydroxylation sites is 1. The van der Waals surface area contributed by atoms with Crippen molar-refractivity contribution in [1.29, 1.82) is 0 Å². The molecule has 100 valence electrons. The molecule has 0 aliphatic rings. The Kier molecular flexibility index (Phi) is 4.23. The summed E-state index contributed by atoms with van der Waals surface area (Å²) in [7, 11) is 1.69. The third-order valence-electron chi connectivity index (χ3n) is 3.04. The summed E-state index contributed by atoms with van der Waals surface area (Å²) in [6.45, 7) is 2.78. The number of aryl methyl sites for hydroxylation is 1. The second kappa shape index (κ2) is 6.09. The summed E-state index contributed by atoms with van der Waals surface area (Å²) in [5.74, 6) is 1.77. The van der Waals surface area contributed by atoms with Crippen LogP contribution in [-0.4, -0.2) is 18.6 Å². The average molecular weight is 257 g/mol. The Bertz CT molecular complexity index is 555. The number of methoxy groups -OCH3 is 1. The van der Waals surface area contributed by atoms with Gasteiger partial charge in [-0.3, -0.25) is 0 Å². The molecule has 0 bridgehead atoms. The summed E-state index contributed by atoms with van der Waals surface area (Å²) in [6.07, 6.45) is 2.57. The molecule has 1 aromatic carbocycles. The zero-order valence-electron chi connectivity index (χ0n) is 11.3. The number of hydrogen-bond acceptors (Lipinski definition) is 4. The van der Waals surface area contributed by atoms with Gasteiger partial charge in [0.15, 0.2) is 0 Å². The summed E-state index contributed by atoms with van der Waals surface area (Å²) in [6, 6.07) is 9.99. The number of nitrogens with one attached hydrogen (secondary N) is 1. The quantitative estimate of drug-likeness (QED) is 0.864. The largest absolute Gasteiger partial charge is 0.496 e. The fraction of sp³-hybridized carbons (Fsp3) is 0.267. The second-order valence-corrected chi connectivity index (χ2v) is 4.41. The maximum atomic E-state index is 5.74. The SMILES string of the molecule is COc1ccccc1CCNc1cc(C)c(N)cn1. The molecule has 0 amide bonds. The molecule has 0 atom stereocenters. The highest BCUT2D eigenvalue weighted by molar-refractivity contribution is 5.50. The molecule has 0 saturated carbocycles. The minimum atomic E-state index is 0.718. The van der Waals surface area contributed by atoms with Gasteiger partial charge in [-0.2, -0.15) is 0 Å². The second-order valence-electron chi connectivity index (χ2n) is 4.41. The maximum absolute atomic E-state index is 5.74. The standard InChI is InChI=1S/C15H19N3O/c1-11-9-15(18-10-13(11)16)17-8-7-12-5-3-4-6-14(12)19-2/h3-6,9-10H,7-8,16H2,1-2H3,(H,17,18). The number of nitrogens with two attached hydrogens (primary N) is 1. The number of nitrogen functional groups attached to an aromatic ring is 1. The average Bonchev–Trinajstić information content (AvgIpc) is 2.43. The zero-order valence-corrected chi connectivity index (χ0v) is 11.3. The molecule has 0 unspecified atom stereocenters. The van der Waals surface area contributed by atoms with Crippen LogP contribution < -0.4 is 15.8 Å². The van der Waals surface area contributed by atoms with Crippen molar-refractivity contribution >= 4 is 11.5 Å². The molecule has 2 rings (SSSR count). The van der Waals surface area contributed by atoms with Crippen LogP contribution in [0.3, 0.4) is 0 Å². The van der Waals surface area contributed by atoms with Crippen LogP contribution in [0.2, 0.25) is 0 Å². The molecule has 19 heavy (non-hydrogen) atoms. The van der Waals surface area contributed by atoms with E-state index >= 15 is 0 Å². The predicted octanol–water partition coefficient (Wildman–Crippen LogP) is 2.64. The molecule has 4 heteroatoms. The summed E-state index contributed by atoms with van der Waals surface area (Å²) >= 11 is 0. The smallest absolute Gasteiger partial charge is 0.126 e. The van der Waals surface area contributed by atoms with E-state index < -0.39 is 0 Å². The first-order valence-electron chi connectivity index (χ1n) is 6.28. The summed E-state index contributed by atoms with van der Waals surface area (Å²) in [4.78, 5) is 4.25. The Morgan fingerprint density at radius 1 is 1.32 bits per heavy atom.